The van der Waals surface area contributed by atoms with Gasteiger partial charge in [-0.1, -0.05) is 176 Å². The van der Waals surface area contributed by atoms with Crippen LogP contribution in [-0.4, -0.2) is 4.57 Å². The number of benzene rings is 9. The molecule has 0 aliphatic heterocycles. The van der Waals surface area contributed by atoms with E-state index in [0.717, 1.165) is 22.7 Å². The second kappa shape index (κ2) is 13.7. The number of hydrogen-bond acceptors (Lipinski definition) is 1. The molecule has 0 bridgehead atoms. The van der Waals surface area contributed by atoms with Crippen molar-refractivity contribution in [2.24, 2.45) is 0 Å². The second-order valence-electron chi connectivity index (χ2n) is 15.4. The molecule has 9 aromatic carbocycles. The van der Waals surface area contributed by atoms with E-state index in [0.29, 0.717) is 0 Å². The van der Waals surface area contributed by atoms with Crippen LogP contribution in [0.2, 0.25) is 0 Å². The molecule has 10 aromatic rings. The topological polar surface area (TPSA) is 8.17 Å². The molecular weight excluding hydrogens is 701 g/mol. The minimum atomic E-state index is -0.510. The van der Waals surface area contributed by atoms with Gasteiger partial charge in [0, 0.05) is 27.8 Å². The van der Waals surface area contributed by atoms with Gasteiger partial charge in [0.2, 0.25) is 0 Å². The van der Waals surface area contributed by atoms with Crippen LogP contribution in [-0.2, 0) is 5.41 Å². The molecule has 1 aliphatic carbocycles. The van der Waals surface area contributed by atoms with E-state index in [1.54, 1.807) is 0 Å². The fraction of sp³-hybridized carbons (Fsp3) is 0.0357. The van der Waals surface area contributed by atoms with E-state index in [2.05, 4.69) is 241 Å². The summed E-state index contributed by atoms with van der Waals surface area (Å²) < 4.78 is 2.46. The third-order valence-electron chi connectivity index (χ3n) is 12.1. The van der Waals surface area contributed by atoms with Crippen LogP contribution in [0.5, 0.6) is 0 Å². The van der Waals surface area contributed by atoms with Gasteiger partial charge >= 0.3 is 0 Å². The van der Waals surface area contributed by atoms with Gasteiger partial charge in [0.05, 0.1) is 22.1 Å². The molecule has 0 radical (unpaired) electrons. The lowest BCUT2D eigenvalue weighted by Crippen LogP contribution is -2.28. The molecule has 0 fully saturated rings. The van der Waals surface area contributed by atoms with Crippen molar-refractivity contribution in [1.29, 1.82) is 0 Å². The third kappa shape index (κ3) is 5.19. The Kier molecular flexibility index (Phi) is 7.97. The fourth-order valence-electron chi connectivity index (χ4n) is 9.65. The smallest absolute Gasteiger partial charge is 0.0782 e. The van der Waals surface area contributed by atoms with E-state index < -0.39 is 5.41 Å². The summed E-state index contributed by atoms with van der Waals surface area (Å²) >= 11 is 0. The lowest BCUT2D eigenvalue weighted by molar-refractivity contribution is 0.768. The van der Waals surface area contributed by atoms with Crippen LogP contribution in [0.4, 0.5) is 17.1 Å². The number of rotatable bonds is 7. The minimum Gasteiger partial charge on any atom is -0.308 e. The monoisotopic (exact) mass is 740 g/mol. The molecule has 0 N–H and O–H groups in total. The first-order valence-corrected chi connectivity index (χ1v) is 20.1. The molecule has 0 unspecified atom stereocenters. The second-order valence-corrected chi connectivity index (χ2v) is 15.4. The molecule has 0 saturated heterocycles. The summed E-state index contributed by atoms with van der Waals surface area (Å²) in [4.78, 5) is 2.48. The summed E-state index contributed by atoms with van der Waals surface area (Å²) in [6.45, 7) is 2.18. The highest BCUT2D eigenvalue weighted by Crippen LogP contribution is 2.57. The number of aryl methyl sites for hydroxylation is 1. The molecule has 274 valence electrons. The maximum Gasteiger partial charge on any atom is 0.0782 e. The van der Waals surface area contributed by atoms with E-state index in [1.165, 1.54) is 71.9 Å². The quantitative estimate of drug-likeness (QED) is 0.158. The van der Waals surface area contributed by atoms with E-state index >= 15 is 0 Å². The predicted molar refractivity (Wildman–Crippen MR) is 243 cm³/mol. The van der Waals surface area contributed by atoms with Crippen molar-refractivity contribution < 1.29 is 0 Å². The Morgan fingerprint density at radius 1 is 0.414 bits per heavy atom. The van der Waals surface area contributed by atoms with Gasteiger partial charge in [-0.3, -0.25) is 0 Å². The summed E-state index contributed by atoms with van der Waals surface area (Å²) in [6, 6.07) is 82.4. The van der Waals surface area contributed by atoms with E-state index in [1.807, 2.05) is 0 Å². The van der Waals surface area contributed by atoms with Gasteiger partial charge in [0.1, 0.15) is 0 Å². The number of hydrogen-bond donors (Lipinski definition) is 0. The number of para-hydroxylation sites is 2. The first-order valence-electron chi connectivity index (χ1n) is 20.1. The average molecular weight is 741 g/mol. The summed E-state index contributed by atoms with van der Waals surface area (Å²) in [5.74, 6) is 0. The van der Waals surface area contributed by atoms with Gasteiger partial charge in [0.15, 0.2) is 0 Å². The van der Waals surface area contributed by atoms with Gasteiger partial charge in [-0.25, -0.2) is 0 Å². The maximum atomic E-state index is 2.48. The fourth-order valence-corrected chi connectivity index (χ4v) is 9.65. The van der Waals surface area contributed by atoms with Crippen LogP contribution < -0.4 is 4.90 Å². The SMILES string of the molecule is Cc1cccc(N(c2ccc3c(c2)C(c2ccccc2)(c2ccccc2)c2ccccc2-3)c2cccc3c4ccccc4n(-c4ccc(-c5ccccc5)cc4)c23)c1. The van der Waals surface area contributed by atoms with Crippen molar-refractivity contribution >= 4 is 38.9 Å². The number of fused-ring (bicyclic) bond motifs is 6. The van der Waals surface area contributed by atoms with Crippen LogP contribution >= 0.6 is 0 Å². The molecule has 0 spiro atoms. The Morgan fingerprint density at radius 3 is 1.74 bits per heavy atom. The molecule has 2 heteroatoms. The van der Waals surface area contributed by atoms with Crippen molar-refractivity contribution in [3.8, 4) is 27.9 Å². The highest BCUT2D eigenvalue weighted by molar-refractivity contribution is 6.14. The summed E-state index contributed by atoms with van der Waals surface area (Å²) in [5, 5.41) is 2.45. The van der Waals surface area contributed by atoms with Crippen LogP contribution in [0.1, 0.15) is 27.8 Å². The Morgan fingerprint density at radius 2 is 1.00 bits per heavy atom. The summed E-state index contributed by atoms with van der Waals surface area (Å²) in [6.07, 6.45) is 0. The number of anilines is 3. The van der Waals surface area contributed by atoms with E-state index in [4.69, 9.17) is 0 Å². The zero-order valence-corrected chi connectivity index (χ0v) is 32.3. The first kappa shape index (κ1) is 33.9. The van der Waals surface area contributed by atoms with Crippen LogP contribution in [0.25, 0.3) is 49.7 Å². The normalized spacial score (nSPS) is 12.7. The van der Waals surface area contributed by atoms with Crippen LogP contribution in [0.15, 0.2) is 224 Å². The maximum absolute atomic E-state index is 2.48. The molecule has 1 aromatic heterocycles. The molecule has 0 amide bonds. The minimum absolute atomic E-state index is 0.510. The Labute approximate surface area is 339 Å². The third-order valence-corrected chi connectivity index (χ3v) is 12.1. The lowest BCUT2D eigenvalue weighted by Gasteiger charge is -2.35. The average Bonchev–Trinajstić information content (AvgIpc) is 3.79. The Bertz CT molecular complexity index is 3070. The van der Waals surface area contributed by atoms with Gasteiger partial charge < -0.3 is 9.47 Å². The Hall–Kier alpha value is -7.42. The summed E-state index contributed by atoms with van der Waals surface area (Å²) in [7, 11) is 0. The largest absolute Gasteiger partial charge is 0.308 e. The van der Waals surface area contributed by atoms with Crippen molar-refractivity contribution in [2.45, 2.75) is 12.3 Å². The summed E-state index contributed by atoms with van der Waals surface area (Å²) in [5.41, 5.74) is 17.6. The van der Waals surface area contributed by atoms with E-state index in [-0.39, 0.29) is 0 Å². The molecule has 2 nitrogen and oxygen atoms in total. The zero-order chi connectivity index (χ0) is 38.6. The standard InChI is InChI=1S/C56H40N2/c1-39-17-15-24-45(37-39)57(46-35-36-48-47-25-11-13-28-51(47)56(52(48)38-46,42-20-7-3-8-21-42)43-22-9-4-10-23-43)54-30-16-27-50-49-26-12-14-29-53(49)58(55(50)54)44-33-31-41(32-34-44)40-18-5-2-6-19-40/h2-38H,1H3. The van der Waals surface area contributed by atoms with Crippen molar-refractivity contribution in [3.05, 3.63) is 252 Å². The van der Waals surface area contributed by atoms with Gasteiger partial charge in [-0.2, -0.15) is 0 Å². The lowest BCUT2D eigenvalue weighted by atomic mass is 9.67. The van der Waals surface area contributed by atoms with Crippen LogP contribution in [0.3, 0.4) is 0 Å². The first-order chi connectivity index (χ1) is 28.7. The highest BCUT2D eigenvalue weighted by Gasteiger charge is 2.46. The van der Waals surface area contributed by atoms with Gasteiger partial charge in [0.25, 0.3) is 0 Å². The van der Waals surface area contributed by atoms with Crippen molar-refractivity contribution in [1.82, 2.24) is 4.57 Å². The molecule has 1 aliphatic rings. The van der Waals surface area contributed by atoms with Crippen molar-refractivity contribution in [2.75, 3.05) is 4.90 Å². The molecular formula is C56H40N2. The Balaban J connectivity index is 1.20. The molecule has 11 rings (SSSR count). The molecule has 0 atom stereocenters. The van der Waals surface area contributed by atoms with Crippen LogP contribution in [0, 0.1) is 6.92 Å². The predicted octanol–water partition coefficient (Wildman–Crippen LogP) is 14.6. The van der Waals surface area contributed by atoms with Gasteiger partial charge in [-0.05, 0) is 106 Å². The molecule has 0 saturated carbocycles. The highest BCUT2D eigenvalue weighted by atomic mass is 15.2. The van der Waals surface area contributed by atoms with Crippen molar-refractivity contribution in [3.63, 3.8) is 0 Å². The number of aromatic nitrogens is 1. The van der Waals surface area contributed by atoms with Gasteiger partial charge in [-0.15, -0.1) is 0 Å². The number of nitrogens with zero attached hydrogens (tertiary/aromatic N) is 2. The molecule has 58 heavy (non-hydrogen) atoms. The van der Waals surface area contributed by atoms with E-state index in [9.17, 15) is 0 Å². The zero-order valence-electron chi connectivity index (χ0n) is 32.3. The molecule has 1 heterocycles.